The fourth-order valence-electron chi connectivity index (χ4n) is 4.26. The second kappa shape index (κ2) is 10.5. The molecule has 0 unspecified atom stereocenters. The SMILES string of the molecule is CN/C=C(\C=N)c1cc(-c2ccc(N3CCC(OCC(C)C)CC3)nc2)c2c(C#N)cnn2c1. The van der Waals surface area contributed by atoms with E-state index in [1.54, 1.807) is 24.0 Å². The largest absolute Gasteiger partial charge is 0.393 e. The number of hydrogen-bond donors (Lipinski definition) is 2. The lowest BCUT2D eigenvalue weighted by Gasteiger charge is -2.33. The normalized spacial score (nSPS) is 15.0. The summed E-state index contributed by atoms with van der Waals surface area (Å²) in [6.07, 6.45) is 10.7. The van der Waals surface area contributed by atoms with Crippen LogP contribution in [0, 0.1) is 22.7 Å². The molecule has 1 aliphatic heterocycles. The third-order valence-corrected chi connectivity index (χ3v) is 6.01. The lowest BCUT2D eigenvalue weighted by molar-refractivity contribution is 0.0214. The standard InChI is InChI=1S/C26H31N7O/c1-18(2)17-34-23-6-8-32(9-7-23)25-5-4-19(14-30-25)24-10-20(21(11-27)13-29-3)16-33-26(24)22(12-28)15-31-33/h4-5,10-11,13-16,18,23,27,29H,6-9,17H2,1-3H3/b21-13+,27-11?. The molecule has 3 aromatic rings. The van der Waals surface area contributed by atoms with Crippen molar-refractivity contribution in [3.8, 4) is 17.2 Å². The van der Waals surface area contributed by atoms with Gasteiger partial charge < -0.3 is 20.4 Å². The van der Waals surface area contributed by atoms with Crippen LogP contribution in [0.3, 0.4) is 0 Å². The number of ether oxygens (including phenoxy) is 1. The molecule has 34 heavy (non-hydrogen) atoms. The van der Waals surface area contributed by atoms with Gasteiger partial charge in [0, 0.05) is 73.8 Å². The number of fused-ring (bicyclic) bond motifs is 1. The summed E-state index contributed by atoms with van der Waals surface area (Å²) in [6, 6.07) is 8.31. The van der Waals surface area contributed by atoms with Crippen LogP contribution in [0.1, 0.15) is 37.8 Å². The zero-order valence-electron chi connectivity index (χ0n) is 20.0. The van der Waals surface area contributed by atoms with Crippen LogP contribution in [0.5, 0.6) is 0 Å². The molecule has 176 valence electrons. The quantitative estimate of drug-likeness (QED) is 0.493. The fraction of sp³-hybridized carbons (Fsp3) is 0.385. The van der Waals surface area contributed by atoms with Crippen LogP contribution in [0.25, 0.3) is 22.2 Å². The Labute approximate surface area is 200 Å². The Hall–Kier alpha value is -3.70. The summed E-state index contributed by atoms with van der Waals surface area (Å²) >= 11 is 0. The van der Waals surface area contributed by atoms with Crippen molar-refractivity contribution in [2.24, 2.45) is 5.92 Å². The molecule has 0 aliphatic carbocycles. The van der Waals surface area contributed by atoms with Gasteiger partial charge in [0.1, 0.15) is 11.9 Å². The van der Waals surface area contributed by atoms with Crippen molar-refractivity contribution in [2.45, 2.75) is 32.8 Å². The van der Waals surface area contributed by atoms with Gasteiger partial charge in [0.15, 0.2) is 0 Å². The number of nitriles is 1. The summed E-state index contributed by atoms with van der Waals surface area (Å²) in [5, 5.41) is 24.7. The van der Waals surface area contributed by atoms with Gasteiger partial charge in [-0.1, -0.05) is 13.8 Å². The Morgan fingerprint density at radius 1 is 1.32 bits per heavy atom. The molecule has 1 fully saturated rings. The molecule has 0 aromatic carbocycles. The van der Waals surface area contributed by atoms with Crippen LogP contribution in [-0.4, -0.2) is 53.7 Å². The van der Waals surface area contributed by atoms with E-state index in [0.29, 0.717) is 23.2 Å². The van der Waals surface area contributed by atoms with Crippen molar-refractivity contribution in [3.05, 3.63) is 54.1 Å². The Kier molecular flexibility index (Phi) is 7.24. The summed E-state index contributed by atoms with van der Waals surface area (Å²) in [4.78, 5) is 7.06. The van der Waals surface area contributed by atoms with Gasteiger partial charge in [0.25, 0.3) is 0 Å². The highest BCUT2D eigenvalue weighted by Gasteiger charge is 2.21. The molecule has 4 rings (SSSR count). The average Bonchev–Trinajstić information content (AvgIpc) is 3.29. The summed E-state index contributed by atoms with van der Waals surface area (Å²) < 4.78 is 7.71. The second-order valence-corrected chi connectivity index (χ2v) is 8.96. The predicted molar refractivity (Wildman–Crippen MR) is 135 cm³/mol. The molecule has 2 N–H and O–H groups in total. The molecule has 0 amide bonds. The van der Waals surface area contributed by atoms with Gasteiger partial charge in [-0.25, -0.2) is 9.50 Å². The topological polar surface area (TPSA) is 102 Å². The number of anilines is 1. The Balaban J connectivity index is 1.61. The molecule has 0 atom stereocenters. The smallest absolute Gasteiger partial charge is 0.128 e. The van der Waals surface area contributed by atoms with Crippen molar-refractivity contribution < 1.29 is 4.74 Å². The van der Waals surface area contributed by atoms with E-state index in [0.717, 1.165) is 60.6 Å². The molecule has 8 heteroatoms. The maximum absolute atomic E-state index is 9.62. The molecule has 1 saturated heterocycles. The Bertz CT molecular complexity index is 1210. The minimum absolute atomic E-state index is 0.328. The summed E-state index contributed by atoms with van der Waals surface area (Å²) in [6.45, 7) is 7.02. The van der Waals surface area contributed by atoms with Gasteiger partial charge >= 0.3 is 0 Å². The van der Waals surface area contributed by atoms with E-state index in [-0.39, 0.29) is 0 Å². The monoisotopic (exact) mass is 457 g/mol. The number of nitrogens with one attached hydrogen (secondary N) is 2. The third kappa shape index (κ3) is 4.95. The molecule has 0 saturated carbocycles. The number of allylic oxidation sites excluding steroid dienone is 1. The molecular weight excluding hydrogens is 426 g/mol. The van der Waals surface area contributed by atoms with Crippen LogP contribution < -0.4 is 10.2 Å². The van der Waals surface area contributed by atoms with E-state index >= 15 is 0 Å². The van der Waals surface area contributed by atoms with E-state index in [1.807, 2.05) is 30.6 Å². The molecular formula is C26H31N7O. The highest BCUT2D eigenvalue weighted by atomic mass is 16.5. The van der Waals surface area contributed by atoms with Crippen LogP contribution >= 0.6 is 0 Å². The number of aromatic nitrogens is 3. The highest BCUT2D eigenvalue weighted by Crippen LogP contribution is 2.31. The number of nitrogens with zero attached hydrogens (tertiary/aromatic N) is 5. The second-order valence-electron chi connectivity index (χ2n) is 8.96. The number of rotatable bonds is 8. The van der Waals surface area contributed by atoms with E-state index in [1.165, 1.54) is 6.21 Å². The van der Waals surface area contributed by atoms with Crippen molar-refractivity contribution in [1.82, 2.24) is 19.9 Å². The zero-order chi connectivity index (χ0) is 24.1. The minimum atomic E-state index is 0.328. The van der Waals surface area contributed by atoms with Crippen LogP contribution in [0.4, 0.5) is 5.82 Å². The first kappa shape index (κ1) is 23.5. The van der Waals surface area contributed by atoms with Crippen molar-refractivity contribution in [3.63, 3.8) is 0 Å². The molecule has 1 aliphatic rings. The molecule has 0 radical (unpaired) electrons. The lowest BCUT2D eigenvalue weighted by Crippen LogP contribution is -2.37. The number of pyridine rings is 2. The van der Waals surface area contributed by atoms with E-state index in [9.17, 15) is 5.26 Å². The predicted octanol–water partition coefficient (Wildman–Crippen LogP) is 4.12. The van der Waals surface area contributed by atoms with Gasteiger partial charge in [-0.2, -0.15) is 10.4 Å². The van der Waals surface area contributed by atoms with E-state index in [2.05, 4.69) is 35.2 Å². The van der Waals surface area contributed by atoms with Gasteiger partial charge in [-0.05, 0) is 37.0 Å². The molecule has 0 spiro atoms. The van der Waals surface area contributed by atoms with Crippen LogP contribution in [-0.2, 0) is 4.74 Å². The number of hydrogen-bond acceptors (Lipinski definition) is 7. The zero-order valence-corrected chi connectivity index (χ0v) is 20.0. The first-order chi connectivity index (χ1) is 16.5. The van der Waals surface area contributed by atoms with Gasteiger partial charge in [-0.3, -0.25) is 0 Å². The van der Waals surface area contributed by atoms with Gasteiger partial charge in [-0.15, -0.1) is 0 Å². The molecule has 0 bridgehead atoms. The van der Waals surface area contributed by atoms with Crippen molar-refractivity contribution >= 4 is 23.1 Å². The summed E-state index contributed by atoms with van der Waals surface area (Å²) in [5.74, 6) is 1.50. The Morgan fingerprint density at radius 3 is 2.74 bits per heavy atom. The molecule has 8 nitrogen and oxygen atoms in total. The highest BCUT2D eigenvalue weighted by molar-refractivity contribution is 6.08. The van der Waals surface area contributed by atoms with Crippen molar-refractivity contribution in [1.29, 1.82) is 10.7 Å². The summed E-state index contributed by atoms with van der Waals surface area (Å²) in [5.41, 5.74) is 4.53. The minimum Gasteiger partial charge on any atom is -0.393 e. The van der Waals surface area contributed by atoms with Crippen LogP contribution in [0.15, 0.2) is 43.0 Å². The third-order valence-electron chi connectivity index (χ3n) is 6.01. The van der Waals surface area contributed by atoms with E-state index < -0.39 is 0 Å². The molecule has 3 aromatic heterocycles. The first-order valence-corrected chi connectivity index (χ1v) is 11.7. The first-order valence-electron chi connectivity index (χ1n) is 11.7. The van der Waals surface area contributed by atoms with E-state index in [4.69, 9.17) is 15.1 Å². The Morgan fingerprint density at radius 2 is 2.12 bits per heavy atom. The maximum atomic E-state index is 9.62. The van der Waals surface area contributed by atoms with Gasteiger partial charge in [0.05, 0.1) is 23.4 Å². The van der Waals surface area contributed by atoms with Gasteiger partial charge in [0.2, 0.25) is 0 Å². The molecule has 4 heterocycles. The fourth-order valence-corrected chi connectivity index (χ4v) is 4.26. The average molecular weight is 458 g/mol. The van der Waals surface area contributed by atoms with Crippen LogP contribution in [0.2, 0.25) is 0 Å². The lowest BCUT2D eigenvalue weighted by atomic mass is 10.0. The summed E-state index contributed by atoms with van der Waals surface area (Å²) in [7, 11) is 1.80. The maximum Gasteiger partial charge on any atom is 0.128 e. The number of piperidine rings is 1. The van der Waals surface area contributed by atoms with Crippen molar-refractivity contribution in [2.75, 3.05) is 31.6 Å².